The average Bonchev–Trinajstić information content (AvgIpc) is 3.26. The zero-order chi connectivity index (χ0) is 21.8. The largest absolute Gasteiger partial charge is 0.454 e. The molecule has 1 aliphatic rings. The number of ether oxygens (including phenoxy) is 2. The number of nitrogens with zero attached hydrogens (tertiary/aromatic N) is 4. The molecule has 0 saturated heterocycles. The van der Waals surface area contributed by atoms with Crippen molar-refractivity contribution in [2.75, 3.05) is 6.79 Å². The minimum Gasteiger partial charge on any atom is -0.454 e. The second-order valence-corrected chi connectivity index (χ2v) is 6.91. The number of hydrogen-bond donors (Lipinski definition) is 0. The molecule has 1 heterocycles. The molecule has 2 amide bonds. The van der Waals surface area contributed by atoms with E-state index in [0.717, 1.165) is 4.90 Å². The van der Waals surface area contributed by atoms with Crippen LogP contribution in [-0.2, 0) is 6.54 Å². The quantitative estimate of drug-likeness (QED) is 0.249. The van der Waals surface area contributed by atoms with Gasteiger partial charge in [-0.1, -0.05) is 41.5 Å². The minimum atomic E-state index is -0.558. The first-order valence-corrected chi connectivity index (χ1v) is 9.53. The van der Waals surface area contributed by atoms with Crippen LogP contribution in [0.15, 0.2) is 71.8 Å². The molecular weight excluding hydrogens is 396 g/mol. The maximum atomic E-state index is 13.5. The number of azide groups is 1. The maximum absolute atomic E-state index is 13.5. The van der Waals surface area contributed by atoms with Crippen LogP contribution in [0.25, 0.3) is 10.4 Å². The van der Waals surface area contributed by atoms with Crippen LogP contribution < -0.4 is 9.47 Å². The summed E-state index contributed by atoms with van der Waals surface area (Å²) in [6.07, 6.45) is 0. The SMILES string of the molecule is Cc1cccc(C(=O)N(Cc2ccc3c(c2)OCO3)C(=O)c2ccccc2)c1N=[N+]=[N-]. The number of hydrogen-bond acceptors (Lipinski definition) is 5. The van der Waals surface area contributed by atoms with Gasteiger partial charge in [-0.3, -0.25) is 14.5 Å². The molecule has 0 unspecified atom stereocenters. The fourth-order valence-corrected chi connectivity index (χ4v) is 3.35. The van der Waals surface area contributed by atoms with Crippen molar-refractivity contribution in [3.63, 3.8) is 0 Å². The Hall–Kier alpha value is -4.29. The topological polar surface area (TPSA) is 105 Å². The van der Waals surface area contributed by atoms with Gasteiger partial charge >= 0.3 is 0 Å². The van der Waals surface area contributed by atoms with Crippen molar-refractivity contribution in [2.45, 2.75) is 13.5 Å². The van der Waals surface area contributed by atoms with Gasteiger partial charge in [-0.25, -0.2) is 0 Å². The molecule has 4 rings (SSSR count). The monoisotopic (exact) mass is 414 g/mol. The Bertz CT molecular complexity index is 1200. The normalized spacial score (nSPS) is 11.5. The van der Waals surface area contributed by atoms with Crippen LogP contribution in [0, 0.1) is 6.92 Å². The van der Waals surface area contributed by atoms with Crippen molar-refractivity contribution in [1.82, 2.24) is 4.90 Å². The molecule has 3 aromatic carbocycles. The van der Waals surface area contributed by atoms with E-state index < -0.39 is 11.8 Å². The number of amides is 2. The Labute approximate surface area is 178 Å². The Morgan fingerprint density at radius 3 is 2.55 bits per heavy atom. The van der Waals surface area contributed by atoms with E-state index >= 15 is 0 Å². The molecule has 8 nitrogen and oxygen atoms in total. The molecule has 1 aliphatic heterocycles. The summed E-state index contributed by atoms with van der Waals surface area (Å²) in [7, 11) is 0. The van der Waals surface area contributed by atoms with Gasteiger partial charge in [0.05, 0.1) is 12.2 Å². The molecule has 0 N–H and O–H groups in total. The molecule has 0 aromatic heterocycles. The molecule has 154 valence electrons. The Morgan fingerprint density at radius 1 is 1.00 bits per heavy atom. The highest BCUT2D eigenvalue weighted by molar-refractivity contribution is 6.12. The predicted molar refractivity (Wildman–Crippen MR) is 113 cm³/mol. The summed E-state index contributed by atoms with van der Waals surface area (Å²) in [5.41, 5.74) is 11.0. The van der Waals surface area contributed by atoms with Gasteiger partial charge in [0, 0.05) is 16.0 Å². The third kappa shape index (κ3) is 4.05. The number of rotatable bonds is 5. The van der Waals surface area contributed by atoms with Crippen LogP contribution in [0.2, 0.25) is 0 Å². The van der Waals surface area contributed by atoms with Crippen molar-refractivity contribution in [3.8, 4) is 11.5 Å². The molecule has 0 saturated carbocycles. The summed E-state index contributed by atoms with van der Waals surface area (Å²) in [4.78, 5) is 30.8. The van der Waals surface area contributed by atoms with E-state index in [0.29, 0.717) is 28.2 Å². The first-order valence-electron chi connectivity index (χ1n) is 9.53. The lowest BCUT2D eigenvalue weighted by molar-refractivity contribution is 0.0604. The van der Waals surface area contributed by atoms with Crippen LogP contribution in [0.3, 0.4) is 0 Å². The number of carbonyl (C=O) groups excluding carboxylic acids is 2. The van der Waals surface area contributed by atoms with E-state index in [1.165, 1.54) is 0 Å². The van der Waals surface area contributed by atoms with Gasteiger partial charge in [0.25, 0.3) is 11.8 Å². The highest BCUT2D eigenvalue weighted by Crippen LogP contribution is 2.33. The van der Waals surface area contributed by atoms with Crippen molar-refractivity contribution in [3.05, 3.63) is 99.4 Å². The van der Waals surface area contributed by atoms with Crippen molar-refractivity contribution in [2.24, 2.45) is 5.11 Å². The summed E-state index contributed by atoms with van der Waals surface area (Å²) in [5.74, 6) is 0.150. The van der Waals surface area contributed by atoms with E-state index in [-0.39, 0.29) is 24.6 Å². The number of benzene rings is 3. The molecule has 0 radical (unpaired) electrons. The van der Waals surface area contributed by atoms with Crippen LogP contribution in [-0.4, -0.2) is 23.5 Å². The van der Waals surface area contributed by atoms with Gasteiger partial charge < -0.3 is 9.47 Å². The van der Waals surface area contributed by atoms with E-state index in [9.17, 15) is 9.59 Å². The van der Waals surface area contributed by atoms with E-state index in [1.54, 1.807) is 73.7 Å². The van der Waals surface area contributed by atoms with E-state index in [4.69, 9.17) is 15.0 Å². The van der Waals surface area contributed by atoms with Crippen molar-refractivity contribution in [1.29, 1.82) is 0 Å². The Balaban J connectivity index is 1.75. The minimum absolute atomic E-state index is 0.00680. The van der Waals surface area contributed by atoms with Crippen LogP contribution in [0.5, 0.6) is 11.5 Å². The molecule has 31 heavy (non-hydrogen) atoms. The standard InChI is InChI=1S/C23H18N4O4/c1-15-6-5-9-18(21(15)25-26-24)23(29)27(22(28)17-7-3-2-4-8-17)13-16-10-11-19-20(12-16)31-14-30-19/h2-12H,13-14H2,1H3. The first-order chi connectivity index (χ1) is 15.1. The lowest BCUT2D eigenvalue weighted by atomic mass is 10.1. The van der Waals surface area contributed by atoms with Crippen molar-refractivity contribution >= 4 is 17.5 Å². The molecule has 0 bridgehead atoms. The predicted octanol–water partition coefficient (Wildman–Crippen LogP) is 5.15. The number of carbonyl (C=O) groups is 2. The number of imide groups is 1. The first kappa shape index (κ1) is 20.0. The summed E-state index contributed by atoms with van der Waals surface area (Å²) in [5, 5.41) is 3.68. The zero-order valence-electron chi connectivity index (χ0n) is 16.7. The third-order valence-corrected chi connectivity index (χ3v) is 4.90. The molecule has 0 fully saturated rings. The van der Waals surface area contributed by atoms with Crippen LogP contribution >= 0.6 is 0 Å². The van der Waals surface area contributed by atoms with Gasteiger partial charge in [-0.05, 0) is 53.9 Å². The van der Waals surface area contributed by atoms with Gasteiger partial charge in [0.1, 0.15) is 0 Å². The Morgan fingerprint density at radius 2 is 1.77 bits per heavy atom. The second kappa shape index (κ2) is 8.61. The maximum Gasteiger partial charge on any atom is 0.261 e. The molecule has 0 atom stereocenters. The molecule has 8 heteroatoms. The number of fused-ring (bicyclic) bond motifs is 1. The smallest absolute Gasteiger partial charge is 0.261 e. The van der Waals surface area contributed by atoms with Gasteiger partial charge in [-0.15, -0.1) is 0 Å². The average molecular weight is 414 g/mol. The summed E-state index contributed by atoms with van der Waals surface area (Å²) in [6.45, 7) is 1.87. The number of aryl methyl sites for hydroxylation is 1. The highest BCUT2D eigenvalue weighted by Gasteiger charge is 2.27. The van der Waals surface area contributed by atoms with E-state index in [1.807, 2.05) is 0 Å². The lowest BCUT2D eigenvalue weighted by Gasteiger charge is -2.22. The highest BCUT2D eigenvalue weighted by atomic mass is 16.7. The molecule has 3 aromatic rings. The lowest BCUT2D eigenvalue weighted by Crippen LogP contribution is -2.36. The van der Waals surface area contributed by atoms with Gasteiger partial charge in [0.15, 0.2) is 11.5 Å². The summed E-state index contributed by atoms with van der Waals surface area (Å²) < 4.78 is 10.7. The Kier molecular flexibility index (Phi) is 5.55. The van der Waals surface area contributed by atoms with Gasteiger partial charge in [0.2, 0.25) is 6.79 Å². The fraction of sp³-hybridized carbons (Fsp3) is 0.130. The van der Waals surface area contributed by atoms with Crippen LogP contribution in [0.1, 0.15) is 31.8 Å². The molecule has 0 spiro atoms. The third-order valence-electron chi connectivity index (χ3n) is 4.90. The fourth-order valence-electron chi connectivity index (χ4n) is 3.35. The summed E-state index contributed by atoms with van der Waals surface area (Å²) in [6, 6.07) is 18.8. The molecule has 0 aliphatic carbocycles. The van der Waals surface area contributed by atoms with Crippen LogP contribution in [0.4, 0.5) is 5.69 Å². The van der Waals surface area contributed by atoms with Crippen molar-refractivity contribution < 1.29 is 19.1 Å². The molecular formula is C23H18N4O4. The second-order valence-electron chi connectivity index (χ2n) is 6.91. The summed E-state index contributed by atoms with van der Waals surface area (Å²) >= 11 is 0. The van der Waals surface area contributed by atoms with E-state index in [2.05, 4.69) is 10.0 Å². The van der Waals surface area contributed by atoms with Gasteiger partial charge in [-0.2, -0.15) is 0 Å². The zero-order valence-corrected chi connectivity index (χ0v) is 16.7.